The molecule has 0 radical (unpaired) electrons. The van der Waals surface area contributed by atoms with Gasteiger partial charge in [0.2, 0.25) is 0 Å². The van der Waals surface area contributed by atoms with Gasteiger partial charge in [0.05, 0.1) is 4.92 Å². The van der Waals surface area contributed by atoms with Crippen LogP contribution < -0.4 is 4.90 Å². The van der Waals surface area contributed by atoms with Crippen LogP contribution in [0.1, 0.15) is 36.6 Å². The van der Waals surface area contributed by atoms with E-state index in [9.17, 15) is 24.5 Å². The normalized spacial score (nSPS) is 12.6. The van der Waals surface area contributed by atoms with Crippen molar-refractivity contribution in [3.8, 4) is 0 Å². The third-order valence-corrected chi connectivity index (χ3v) is 7.04. The van der Waals surface area contributed by atoms with Crippen molar-refractivity contribution < 1.29 is 19.3 Å². The second-order valence-corrected chi connectivity index (χ2v) is 9.54. The first-order chi connectivity index (χ1) is 17.8. The standard InChI is InChI=1S/C28H20BrN3O5/c1-17-5-2-7-19(15-17)30(26(33)18-6-3-8-20(16-18)32(36)37)13-14-31-27(34)22-10-4-9-21-24(29)12-11-23(25(21)22)28(31)35/h2-12,15-16H,13-14H2,1H3. The molecule has 0 aromatic heterocycles. The third-order valence-electron chi connectivity index (χ3n) is 6.35. The molecule has 0 spiro atoms. The number of amides is 3. The predicted octanol–water partition coefficient (Wildman–Crippen LogP) is 5.76. The molecule has 0 bridgehead atoms. The van der Waals surface area contributed by atoms with Crippen molar-refractivity contribution in [2.75, 3.05) is 18.0 Å². The van der Waals surface area contributed by atoms with Crippen molar-refractivity contribution in [1.82, 2.24) is 4.90 Å². The molecular weight excluding hydrogens is 538 g/mol. The van der Waals surface area contributed by atoms with Gasteiger partial charge in [0.25, 0.3) is 23.4 Å². The predicted molar refractivity (Wildman–Crippen MR) is 143 cm³/mol. The number of halogens is 1. The Morgan fingerprint density at radius 1 is 0.946 bits per heavy atom. The Hall–Kier alpha value is -4.37. The summed E-state index contributed by atoms with van der Waals surface area (Å²) in [5.41, 5.74) is 2.23. The lowest BCUT2D eigenvalue weighted by molar-refractivity contribution is -0.384. The quantitative estimate of drug-likeness (QED) is 0.170. The van der Waals surface area contributed by atoms with Crippen molar-refractivity contribution in [2.24, 2.45) is 0 Å². The van der Waals surface area contributed by atoms with Gasteiger partial charge in [0, 0.05) is 57.5 Å². The fraction of sp³-hybridized carbons (Fsp3) is 0.107. The van der Waals surface area contributed by atoms with E-state index in [2.05, 4.69) is 15.9 Å². The van der Waals surface area contributed by atoms with Gasteiger partial charge < -0.3 is 4.90 Å². The molecule has 1 aliphatic heterocycles. The summed E-state index contributed by atoms with van der Waals surface area (Å²) in [4.78, 5) is 53.6. The topological polar surface area (TPSA) is 101 Å². The molecular formula is C28H20BrN3O5. The van der Waals surface area contributed by atoms with Crippen LogP contribution in [-0.4, -0.2) is 40.6 Å². The molecule has 37 heavy (non-hydrogen) atoms. The molecule has 0 unspecified atom stereocenters. The minimum absolute atomic E-state index is 0.00426. The van der Waals surface area contributed by atoms with Gasteiger partial charge >= 0.3 is 0 Å². The summed E-state index contributed by atoms with van der Waals surface area (Å²) < 4.78 is 0.787. The van der Waals surface area contributed by atoms with Crippen LogP contribution in [0.25, 0.3) is 10.8 Å². The Morgan fingerprint density at radius 2 is 1.65 bits per heavy atom. The van der Waals surface area contributed by atoms with Crippen molar-refractivity contribution in [3.05, 3.63) is 116 Å². The van der Waals surface area contributed by atoms with Gasteiger partial charge in [-0.05, 0) is 54.3 Å². The van der Waals surface area contributed by atoms with Gasteiger partial charge in [-0.2, -0.15) is 0 Å². The molecule has 0 fully saturated rings. The number of non-ortho nitro benzene ring substituents is 1. The average molecular weight is 558 g/mol. The lowest BCUT2D eigenvalue weighted by atomic mass is 9.94. The summed E-state index contributed by atoms with van der Waals surface area (Å²) in [7, 11) is 0. The third kappa shape index (κ3) is 4.38. The van der Waals surface area contributed by atoms with Gasteiger partial charge in [0.1, 0.15) is 0 Å². The number of rotatable bonds is 6. The van der Waals surface area contributed by atoms with Crippen LogP contribution >= 0.6 is 15.9 Å². The summed E-state index contributed by atoms with van der Waals surface area (Å²) in [5.74, 6) is -1.35. The zero-order valence-electron chi connectivity index (χ0n) is 19.7. The van der Waals surface area contributed by atoms with E-state index in [1.54, 1.807) is 36.4 Å². The largest absolute Gasteiger partial charge is 0.307 e. The first-order valence-electron chi connectivity index (χ1n) is 11.5. The maximum Gasteiger partial charge on any atom is 0.270 e. The molecule has 184 valence electrons. The first kappa shape index (κ1) is 24.3. The summed E-state index contributed by atoms with van der Waals surface area (Å²) in [6, 6.07) is 21.5. The zero-order valence-corrected chi connectivity index (χ0v) is 21.3. The molecule has 0 saturated carbocycles. The second-order valence-electron chi connectivity index (χ2n) is 8.69. The van der Waals surface area contributed by atoms with Crippen LogP contribution in [0.5, 0.6) is 0 Å². The number of nitro benzene ring substituents is 1. The van der Waals surface area contributed by atoms with Crippen molar-refractivity contribution in [3.63, 3.8) is 0 Å². The van der Waals surface area contributed by atoms with Crippen molar-refractivity contribution in [1.29, 1.82) is 0 Å². The lowest BCUT2D eigenvalue weighted by Gasteiger charge is -2.30. The molecule has 0 atom stereocenters. The summed E-state index contributed by atoms with van der Waals surface area (Å²) in [6.07, 6.45) is 0. The number of imide groups is 1. The molecule has 4 aromatic rings. The van der Waals surface area contributed by atoms with Crippen LogP contribution in [0, 0.1) is 17.0 Å². The monoisotopic (exact) mass is 557 g/mol. The number of carbonyl (C=O) groups is 3. The molecule has 3 amide bonds. The number of hydrogen-bond acceptors (Lipinski definition) is 5. The second kappa shape index (κ2) is 9.59. The number of nitro groups is 1. The molecule has 0 aliphatic carbocycles. The number of benzene rings is 4. The molecule has 1 heterocycles. The summed E-state index contributed by atoms with van der Waals surface area (Å²) >= 11 is 3.48. The SMILES string of the molecule is Cc1cccc(N(CCN2C(=O)c3cccc4c(Br)ccc(c34)C2=O)C(=O)c2cccc([N+](=O)[O-])c2)c1. The fourth-order valence-corrected chi connectivity index (χ4v) is 5.03. The first-order valence-corrected chi connectivity index (χ1v) is 12.3. The van der Waals surface area contributed by atoms with Crippen LogP contribution in [-0.2, 0) is 0 Å². The minimum Gasteiger partial charge on any atom is -0.307 e. The molecule has 1 aliphatic rings. The number of aryl methyl sites for hydroxylation is 1. The Kier molecular flexibility index (Phi) is 6.31. The van der Waals surface area contributed by atoms with Crippen LogP contribution in [0.4, 0.5) is 11.4 Å². The number of anilines is 1. The van der Waals surface area contributed by atoms with E-state index in [4.69, 9.17) is 0 Å². The fourth-order valence-electron chi connectivity index (χ4n) is 4.57. The average Bonchev–Trinajstić information content (AvgIpc) is 2.90. The van der Waals surface area contributed by atoms with Gasteiger partial charge in [-0.15, -0.1) is 0 Å². The highest BCUT2D eigenvalue weighted by Crippen LogP contribution is 2.34. The van der Waals surface area contributed by atoms with Crippen molar-refractivity contribution in [2.45, 2.75) is 6.92 Å². The lowest BCUT2D eigenvalue weighted by Crippen LogP contribution is -2.46. The van der Waals surface area contributed by atoms with Gasteiger partial charge in [-0.3, -0.25) is 29.4 Å². The van der Waals surface area contributed by atoms with E-state index in [1.807, 2.05) is 25.1 Å². The highest BCUT2D eigenvalue weighted by molar-refractivity contribution is 9.10. The Labute approximate surface area is 220 Å². The van der Waals surface area contributed by atoms with E-state index >= 15 is 0 Å². The van der Waals surface area contributed by atoms with Crippen LogP contribution in [0.15, 0.2) is 83.3 Å². The molecule has 5 rings (SSSR count). The van der Waals surface area contributed by atoms with Gasteiger partial charge in [0.15, 0.2) is 0 Å². The Morgan fingerprint density at radius 3 is 2.38 bits per heavy atom. The van der Waals surface area contributed by atoms with Crippen LogP contribution in [0.2, 0.25) is 0 Å². The highest BCUT2D eigenvalue weighted by Gasteiger charge is 2.34. The van der Waals surface area contributed by atoms with Crippen molar-refractivity contribution >= 4 is 55.8 Å². The molecule has 0 saturated heterocycles. The number of carbonyl (C=O) groups excluding carboxylic acids is 3. The Balaban J connectivity index is 1.49. The maximum absolute atomic E-state index is 13.6. The minimum atomic E-state index is -0.560. The smallest absolute Gasteiger partial charge is 0.270 e. The zero-order chi connectivity index (χ0) is 26.3. The van der Waals surface area contributed by atoms with Crippen LogP contribution in [0.3, 0.4) is 0 Å². The Bertz CT molecular complexity index is 1590. The molecule has 4 aromatic carbocycles. The summed E-state index contributed by atoms with van der Waals surface area (Å²) in [6.45, 7) is 1.83. The van der Waals surface area contributed by atoms with E-state index in [1.165, 1.54) is 29.2 Å². The van der Waals surface area contributed by atoms with Gasteiger partial charge in [-0.25, -0.2) is 0 Å². The van der Waals surface area contributed by atoms with E-state index in [0.717, 1.165) is 20.3 Å². The summed E-state index contributed by atoms with van der Waals surface area (Å²) in [5, 5.41) is 12.6. The van der Waals surface area contributed by atoms with E-state index < -0.39 is 22.6 Å². The highest BCUT2D eigenvalue weighted by atomic mass is 79.9. The van der Waals surface area contributed by atoms with E-state index in [-0.39, 0.29) is 24.3 Å². The molecule has 0 N–H and O–H groups in total. The maximum atomic E-state index is 13.6. The van der Waals surface area contributed by atoms with E-state index in [0.29, 0.717) is 22.2 Å². The van der Waals surface area contributed by atoms with Gasteiger partial charge in [-0.1, -0.05) is 46.3 Å². The molecule has 8 nitrogen and oxygen atoms in total. The number of hydrogen-bond donors (Lipinski definition) is 0. The number of nitrogens with zero attached hydrogens (tertiary/aromatic N) is 3. The molecule has 9 heteroatoms.